The third-order valence-electron chi connectivity index (χ3n) is 1.23. The van der Waals surface area contributed by atoms with Gasteiger partial charge in [-0.2, -0.15) is 0 Å². The van der Waals surface area contributed by atoms with Crippen LogP contribution in [0.4, 0.5) is 0 Å². The highest BCUT2D eigenvalue weighted by Gasteiger charge is 2.00. The molecule has 4 heteroatoms. The van der Waals surface area contributed by atoms with Crippen LogP contribution in [0.2, 0.25) is 0 Å². The van der Waals surface area contributed by atoms with Gasteiger partial charge in [-0.25, -0.2) is 5.48 Å². The number of benzene rings is 1. The van der Waals surface area contributed by atoms with Gasteiger partial charge in [-0.3, -0.25) is 9.63 Å². The summed E-state index contributed by atoms with van der Waals surface area (Å²) in [6, 6.07) is 8.88. The first-order chi connectivity index (χ1) is 5.34. The number of hydroxylamine groups is 1. The molecule has 0 fully saturated rings. The van der Waals surface area contributed by atoms with Crippen LogP contribution in [-0.2, 0) is 4.84 Å². The Kier molecular flexibility index (Phi) is 4.67. The van der Waals surface area contributed by atoms with Crippen molar-refractivity contribution in [3.8, 4) is 0 Å². The van der Waals surface area contributed by atoms with Crippen molar-refractivity contribution in [2.75, 3.05) is 7.11 Å². The molecule has 0 spiro atoms. The van der Waals surface area contributed by atoms with E-state index >= 15 is 0 Å². The van der Waals surface area contributed by atoms with Gasteiger partial charge < -0.3 is 5.48 Å². The number of nitrogens with one attached hydrogen (secondary N) is 1. The zero-order valence-corrected chi connectivity index (χ0v) is 6.70. The SMILES string of the molecule is CONC(=O)c1ccccc1.O. The molecule has 0 aliphatic rings. The van der Waals surface area contributed by atoms with Crippen LogP contribution < -0.4 is 5.48 Å². The van der Waals surface area contributed by atoms with Gasteiger partial charge in [0.2, 0.25) is 0 Å². The number of amides is 1. The van der Waals surface area contributed by atoms with Crippen LogP contribution in [0.1, 0.15) is 10.4 Å². The lowest BCUT2D eigenvalue weighted by Gasteiger charge is -1.99. The topological polar surface area (TPSA) is 69.8 Å². The predicted octanol–water partition coefficient (Wildman–Crippen LogP) is 0.153. The Balaban J connectivity index is 0.00000121. The quantitative estimate of drug-likeness (QED) is 0.640. The van der Waals surface area contributed by atoms with Crippen molar-refractivity contribution < 1.29 is 15.1 Å². The average Bonchev–Trinajstić information content (AvgIpc) is 2.07. The highest BCUT2D eigenvalue weighted by Crippen LogP contribution is 1.96. The molecule has 0 unspecified atom stereocenters. The monoisotopic (exact) mass is 169 g/mol. The van der Waals surface area contributed by atoms with Gasteiger partial charge in [-0.1, -0.05) is 18.2 Å². The Morgan fingerprint density at radius 1 is 1.33 bits per heavy atom. The highest BCUT2D eigenvalue weighted by atomic mass is 16.6. The Labute approximate surface area is 70.4 Å². The van der Waals surface area contributed by atoms with Crippen molar-refractivity contribution in [2.45, 2.75) is 0 Å². The van der Waals surface area contributed by atoms with Crippen molar-refractivity contribution in [1.29, 1.82) is 0 Å². The van der Waals surface area contributed by atoms with E-state index in [2.05, 4.69) is 10.3 Å². The largest absolute Gasteiger partial charge is 0.412 e. The molecular weight excluding hydrogens is 158 g/mol. The minimum Gasteiger partial charge on any atom is -0.412 e. The van der Waals surface area contributed by atoms with Crippen molar-refractivity contribution in [3.05, 3.63) is 35.9 Å². The van der Waals surface area contributed by atoms with Crippen LogP contribution in [0.15, 0.2) is 30.3 Å². The van der Waals surface area contributed by atoms with Crippen LogP contribution in [0.5, 0.6) is 0 Å². The molecule has 1 amide bonds. The summed E-state index contributed by atoms with van der Waals surface area (Å²) in [6.45, 7) is 0. The molecule has 0 aromatic heterocycles. The summed E-state index contributed by atoms with van der Waals surface area (Å²) in [6.07, 6.45) is 0. The maximum Gasteiger partial charge on any atom is 0.274 e. The second-order valence-corrected chi connectivity index (χ2v) is 2.00. The summed E-state index contributed by atoms with van der Waals surface area (Å²) in [4.78, 5) is 15.5. The Bertz CT molecular complexity index is 235. The van der Waals surface area contributed by atoms with E-state index in [0.29, 0.717) is 5.56 Å². The maximum absolute atomic E-state index is 11.0. The minimum atomic E-state index is -0.229. The molecule has 0 saturated carbocycles. The molecule has 1 aromatic carbocycles. The molecule has 3 N–H and O–H groups in total. The molecule has 0 radical (unpaired) electrons. The molecule has 1 rings (SSSR count). The Morgan fingerprint density at radius 3 is 2.42 bits per heavy atom. The molecule has 12 heavy (non-hydrogen) atoms. The molecule has 0 aliphatic carbocycles. The molecule has 4 nitrogen and oxygen atoms in total. The van der Waals surface area contributed by atoms with Crippen LogP contribution in [0.3, 0.4) is 0 Å². The normalized spacial score (nSPS) is 8.42. The van der Waals surface area contributed by atoms with Crippen molar-refractivity contribution >= 4 is 5.91 Å². The summed E-state index contributed by atoms with van der Waals surface area (Å²) in [5.41, 5.74) is 2.81. The highest BCUT2D eigenvalue weighted by molar-refractivity contribution is 5.93. The Hall–Kier alpha value is -1.39. The van der Waals surface area contributed by atoms with Gasteiger partial charge in [-0.15, -0.1) is 0 Å². The molecular formula is C8H11NO3. The lowest BCUT2D eigenvalue weighted by atomic mass is 10.2. The number of rotatable bonds is 2. The van der Waals surface area contributed by atoms with Gasteiger partial charge >= 0.3 is 0 Å². The first kappa shape index (κ1) is 10.6. The van der Waals surface area contributed by atoms with E-state index < -0.39 is 0 Å². The van der Waals surface area contributed by atoms with Gasteiger partial charge in [0.15, 0.2) is 0 Å². The van der Waals surface area contributed by atoms with E-state index in [9.17, 15) is 4.79 Å². The zero-order chi connectivity index (χ0) is 8.10. The van der Waals surface area contributed by atoms with Gasteiger partial charge in [0.05, 0.1) is 7.11 Å². The summed E-state index contributed by atoms with van der Waals surface area (Å²) in [5, 5.41) is 0. The fraction of sp³-hybridized carbons (Fsp3) is 0.125. The summed E-state index contributed by atoms with van der Waals surface area (Å²) in [5.74, 6) is -0.229. The van der Waals surface area contributed by atoms with Crippen LogP contribution >= 0.6 is 0 Å². The standard InChI is InChI=1S/C8H9NO2.H2O/c1-11-9-8(10)7-5-3-2-4-6-7;/h2-6H,1H3,(H,9,10);1H2. The lowest BCUT2D eigenvalue weighted by Crippen LogP contribution is -2.21. The van der Waals surface area contributed by atoms with E-state index in [0.717, 1.165) is 0 Å². The average molecular weight is 169 g/mol. The fourth-order valence-electron chi connectivity index (χ4n) is 0.741. The molecule has 66 valence electrons. The van der Waals surface area contributed by atoms with E-state index in [4.69, 9.17) is 0 Å². The second-order valence-electron chi connectivity index (χ2n) is 2.00. The summed E-state index contributed by atoms with van der Waals surface area (Å²) < 4.78 is 0. The molecule has 0 bridgehead atoms. The van der Waals surface area contributed by atoms with E-state index in [1.54, 1.807) is 24.3 Å². The zero-order valence-electron chi connectivity index (χ0n) is 6.70. The van der Waals surface area contributed by atoms with Crippen LogP contribution in [0.25, 0.3) is 0 Å². The lowest BCUT2D eigenvalue weighted by molar-refractivity contribution is 0.0537. The van der Waals surface area contributed by atoms with Gasteiger partial charge in [0.25, 0.3) is 5.91 Å². The molecule has 1 aromatic rings. The molecule has 0 aliphatic heterocycles. The number of hydrogen-bond acceptors (Lipinski definition) is 2. The maximum atomic E-state index is 11.0. The Morgan fingerprint density at radius 2 is 1.92 bits per heavy atom. The third-order valence-corrected chi connectivity index (χ3v) is 1.23. The first-order valence-electron chi connectivity index (χ1n) is 3.23. The van der Waals surface area contributed by atoms with Crippen molar-refractivity contribution in [2.24, 2.45) is 0 Å². The fourth-order valence-corrected chi connectivity index (χ4v) is 0.741. The number of hydrogen-bond donors (Lipinski definition) is 1. The molecule has 0 atom stereocenters. The van der Waals surface area contributed by atoms with Gasteiger partial charge in [0, 0.05) is 5.56 Å². The smallest absolute Gasteiger partial charge is 0.274 e. The van der Waals surface area contributed by atoms with E-state index in [1.165, 1.54) is 7.11 Å². The van der Waals surface area contributed by atoms with Gasteiger partial charge in [0.1, 0.15) is 0 Å². The van der Waals surface area contributed by atoms with Crippen LogP contribution in [0, 0.1) is 0 Å². The van der Waals surface area contributed by atoms with Gasteiger partial charge in [-0.05, 0) is 12.1 Å². The summed E-state index contributed by atoms with van der Waals surface area (Å²) in [7, 11) is 1.40. The van der Waals surface area contributed by atoms with E-state index in [-0.39, 0.29) is 11.4 Å². The molecule has 0 saturated heterocycles. The minimum absolute atomic E-state index is 0. The van der Waals surface area contributed by atoms with Crippen molar-refractivity contribution in [3.63, 3.8) is 0 Å². The number of carbonyl (C=O) groups excluding carboxylic acids is 1. The first-order valence-corrected chi connectivity index (χ1v) is 3.23. The van der Waals surface area contributed by atoms with E-state index in [1.807, 2.05) is 6.07 Å². The van der Waals surface area contributed by atoms with Crippen molar-refractivity contribution in [1.82, 2.24) is 5.48 Å². The second kappa shape index (κ2) is 5.29. The predicted molar refractivity (Wildman–Crippen MR) is 44.5 cm³/mol. The summed E-state index contributed by atoms with van der Waals surface area (Å²) >= 11 is 0. The van der Waals surface area contributed by atoms with Crippen LogP contribution in [-0.4, -0.2) is 18.5 Å². The number of carbonyl (C=O) groups is 1. The third kappa shape index (κ3) is 2.69. The molecule has 0 heterocycles.